The fourth-order valence-corrected chi connectivity index (χ4v) is 7.62. The molecule has 3 nitrogen and oxygen atoms in total. The molecular weight excluding hydrogens is 621 g/mol. The SMILES string of the molecule is c1ccc(-c2ccc(N(c3ccc(-c4cccc5c4oc4ccccc45)cc3)c3cccc(-n4c5ccccc5c5ccccc54)c3)cc2)cc1. The molecule has 0 unspecified atom stereocenters. The Morgan fingerprint density at radius 2 is 0.922 bits per heavy atom. The van der Waals surface area contributed by atoms with Crippen molar-refractivity contribution < 1.29 is 4.42 Å². The number of hydrogen-bond acceptors (Lipinski definition) is 2. The van der Waals surface area contributed by atoms with E-state index >= 15 is 0 Å². The van der Waals surface area contributed by atoms with Crippen LogP contribution >= 0.6 is 0 Å². The molecule has 10 rings (SSSR count). The quantitative estimate of drug-likeness (QED) is 0.178. The number of benzene rings is 8. The number of aromatic nitrogens is 1. The molecule has 10 aromatic rings. The average Bonchev–Trinajstić information content (AvgIpc) is 3.75. The van der Waals surface area contributed by atoms with Crippen molar-refractivity contribution in [3.05, 3.63) is 194 Å². The minimum absolute atomic E-state index is 0.907. The molecule has 3 heteroatoms. The van der Waals surface area contributed by atoms with E-state index in [4.69, 9.17) is 4.42 Å². The van der Waals surface area contributed by atoms with Crippen molar-refractivity contribution in [2.24, 2.45) is 0 Å². The van der Waals surface area contributed by atoms with Crippen LogP contribution in [0.2, 0.25) is 0 Å². The third-order valence-electron chi connectivity index (χ3n) is 10.00. The largest absolute Gasteiger partial charge is 0.455 e. The number of nitrogens with zero attached hydrogens (tertiary/aromatic N) is 2. The Labute approximate surface area is 295 Å². The van der Waals surface area contributed by atoms with Crippen molar-refractivity contribution in [1.82, 2.24) is 4.57 Å². The molecule has 0 saturated heterocycles. The number of fused-ring (bicyclic) bond motifs is 6. The summed E-state index contributed by atoms with van der Waals surface area (Å²) in [5.74, 6) is 0. The van der Waals surface area contributed by atoms with E-state index in [-0.39, 0.29) is 0 Å². The van der Waals surface area contributed by atoms with Crippen molar-refractivity contribution >= 4 is 60.8 Å². The molecule has 2 aromatic heterocycles. The van der Waals surface area contributed by atoms with Gasteiger partial charge in [-0.2, -0.15) is 0 Å². The third kappa shape index (κ3) is 4.90. The van der Waals surface area contributed by atoms with Crippen LogP contribution in [-0.2, 0) is 0 Å². The average molecular weight is 653 g/mol. The van der Waals surface area contributed by atoms with Gasteiger partial charge in [-0.05, 0) is 77.4 Å². The lowest BCUT2D eigenvalue weighted by molar-refractivity contribution is 0.670. The summed E-state index contributed by atoms with van der Waals surface area (Å²) in [6.45, 7) is 0. The Balaban J connectivity index is 1.11. The Morgan fingerprint density at radius 3 is 1.63 bits per heavy atom. The van der Waals surface area contributed by atoms with Gasteiger partial charge >= 0.3 is 0 Å². The van der Waals surface area contributed by atoms with Gasteiger partial charge in [0.2, 0.25) is 0 Å². The van der Waals surface area contributed by atoms with Crippen LogP contribution in [0.1, 0.15) is 0 Å². The van der Waals surface area contributed by atoms with Gasteiger partial charge in [-0.1, -0.05) is 133 Å². The Bertz CT molecular complexity index is 2790. The minimum atomic E-state index is 0.907. The minimum Gasteiger partial charge on any atom is -0.455 e. The molecular formula is C48H32N2O. The highest BCUT2D eigenvalue weighted by atomic mass is 16.3. The summed E-state index contributed by atoms with van der Waals surface area (Å²) in [6.07, 6.45) is 0. The number of rotatable bonds is 6. The van der Waals surface area contributed by atoms with Crippen LogP contribution in [0, 0.1) is 0 Å². The third-order valence-corrected chi connectivity index (χ3v) is 10.00. The highest BCUT2D eigenvalue weighted by Crippen LogP contribution is 2.41. The molecule has 0 atom stereocenters. The van der Waals surface area contributed by atoms with Crippen LogP contribution in [0.4, 0.5) is 17.1 Å². The highest BCUT2D eigenvalue weighted by molar-refractivity contribution is 6.10. The molecule has 0 radical (unpaired) electrons. The zero-order chi connectivity index (χ0) is 33.7. The van der Waals surface area contributed by atoms with E-state index in [2.05, 4.69) is 191 Å². The Hall–Kier alpha value is -6.84. The second kappa shape index (κ2) is 11.9. The maximum Gasteiger partial charge on any atom is 0.143 e. The maximum absolute atomic E-state index is 6.40. The van der Waals surface area contributed by atoms with Crippen molar-refractivity contribution in [3.8, 4) is 27.9 Å². The summed E-state index contributed by atoms with van der Waals surface area (Å²) in [5, 5.41) is 4.78. The molecule has 0 amide bonds. The second-order valence-corrected chi connectivity index (χ2v) is 13.0. The van der Waals surface area contributed by atoms with E-state index in [1.807, 2.05) is 12.1 Å². The predicted molar refractivity (Wildman–Crippen MR) is 214 cm³/mol. The van der Waals surface area contributed by atoms with Gasteiger partial charge in [-0.25, -0.2) is 0 Å². The summed E-state index contributed by atoms with van der Waals surface area (Å²) in [4.78, 5) is 2.34. The molecule has 0 fully saturated rings. The van der Waals surface area contributed by atoms with Gasteiger partial charge in [0.1, 0.15) is 11.2 Å². The van der Waals surface area contributed by atoms with Crippen LogP contribution in [-0.4, -0.2) is 4.57 Å². The van der Waals surface area contributed by atoms with Crippen LogP contribution in [0.5, 0.6) is 0 Å². The van der Waals surface area contributed by atoms with Crippen molar-refractivity contribution in [2.75, 3.05) is 4.90 Å². The lowest BCUT2D eigenvalue weighted by Gasteiger charge is -2.26. The molecule has 0 N–H and O–H groups in total. The van der Waals surface area contributed by atoms with Crippen LogP contribution in [0.25, 0.3) is 71.7 Å². The standard InChI is InChI=1S/C48H32N2O/c1-2-12-33(13-3-1)34-24-28-36(29-25-34)49(37-30-26-35(27-31-37)40-19-11-20-44-43-18-6-9-23-47(43)51-48(40)44)38-14-10-15-39(32-38)50-45-21-7-4-16-41(45)42-17-5-8-22-46(42)50/h1-32H. The molecule has 8 aromatic carbocycles. The zero-order valence-electron chi connectivity index (χ0n) is 27.8. The van der Waals surface area contributed by atoms with Gasteiger partial charge in [0.15, 0.2) is 0 Å². The van der Waals surface area contributed by atoms with E-state index in [0.29, 0.717) is 0 Å². The molecule has 0 bridgehead atoms. The molecule has 0 spiro atoms. The van der Waals surface area contributed by atoms with Gasteiger partial charge in [-0.15, -0.1) is 0 Å². The van der Waals surface area contributed by atoms with Crippen molar-refractivity contribution in [2.45, 2.75) is 0 Å². The molecule has 0 saturated carbocycles. The molecule has 51 heavy (non-hydrogen) atoms. The first-order chi connectivity index (χ1) is 25.3. The summed E-state index contributed by atoms with van der Waals surface area (Å²) in [7, 11) is 0. The van der Waals surface area contributed by atoms with E-state index in [1.165, 1.54) is 32.9 Å². The first kappa shape index (κ1) is 29.1. The maximum atomic E-state index is 6.40. The Kier molecular flexibility index (Phi) is 6.81. The van der Waals surface area contributed by atoms with E-state index in [1.54, 1.807) is 0 Å². The van der Waals surface area contributed by atoms with Gasteiger partial charge in [0.25, 0.3) is 0 Å². The van der Waals surface area contributed by atoms with Crippen LogP contribution < -0.4 is 4.90 Å². The number of furan rings is 1. The fraction of sp³-hybridized carbons (Fsp3) is 0. The summed E-state index contributed by atoms with van der Waals surface area (Å²) < 4.78 is 8.78. The van der Waals surface area contributed by atoms with Gasteiger partial charge in [-0.3, -0.25) is 0 Å². The van der Waals surface area contributed by atoms with Gasteiger partial charge < -0.3 is 13.9 Å². The fourth-order valence-electron chi connectivity index (χ4n) is 7.62. The van der Waals surface area contributed by atoms with Gasteiger partial charge in [0, 0.05) is 49.9 Å². The summed E-state index contributed by atoms with van der Waals surface area (Å²) >= 11 is 0. The molecule has 0 aliphatic carbocycles. The first-order valence-electron chi connectivity index (χ1n) is 17.4. The lowest BCUT2D eigenvalue weighted by Crippen LogP contribution is -2.10. The zero-order valence-corrected chi connectivity index (χ0v) is 27.8. The topological polar surface area (TPSA) is 21.3 Å². The Morgan fingerprint density at radius 1 is 0.373 bits per heavy atom. The number of hydrogen-bond donors (Lipinski definition) is 0. The second-order valence-electron chi connectivity index (χ2n) is 13.0. The first-order valence-corrected chi connectivity index (χ1v) is 17.4. The highest BCUT2D eigenvalue weighted by Gasteiger charge is 2.18. The predicted octanol–water partition coefficient (Wildman–Crippen LogP) is 13.5. The van der Waals surface area contributed by atoms with Crippen molar-refractivity contribution in [3.63, 3.8) is 0 Å². The molecule has 2 heterocycles. The number of anilines is 3. The summed E-state index contributed by atoms with van der Waals surface area (Å²) in [6, 6.07) is 69.1. The molecule has 240 valence electrons. The van der Waals surface area contributed by atoms with E-state index in [0.717, 1.165) is 55.8 Å². The lowest BCUT2D eigenvalue weighted by atomic mass is 10.0. The normalized spacial score (nSPS) is 11.5. The van der Waals surface area contributed by atoms with Crippen LogP contribution in [0.15, 0.2) is 199 Å². The van der Waals surface area contributed by atoms with Crippen molar-refractivity contribution in [1.29, 1.82) is 0 Å². The van der Waals surface area contributed by atoms with Gasteiger partial charge in [0.05, 0.1) is 11.0 Å². The molecule has 0 aliphatic heterocycles. The van der Waals surface area contributed by atoms with E-state index < -0.39 is 0 Å². The smallest absolute Gasteiger partial charge is 0.143 e. The monoisotopic (exact) mass is 652 g/mol. The van der Waals surface area contributed by atoms with Crippen LogP contribution in [0.3, 0.4) is 0 Å². The van der Waals surface area contributed by atoms with E-state index in [9.17, 15) is 0 Å². The summed E-state index contributed by atoms with van der Waals surface area (Å²) in [5.41, 5.74) is 13.1. The molecule has 0 aliphatic rings. The number of para-hydroxylation sites is 4.